The molecule has 3 amide bonds. The number of carbonyl (C=O) groups excluding carboxylic acids is 3. The molecule has 0 radical (unpaired) electrons. The van der Waals surface area contributed by atoms with Crippen molar-refractivity contribution >= 4 is 17.9 Å². The summed E-state index contributed by atoms with van der Waals surface area (Å²) >= 11 is 0. The first kappa shape index (κ1) is 23.7. The van der Waals surface area contributed by atoms with Gasteiger partial charge in [-0.25, -0.2) is 4.79 Å². The van der Waals surface area contributed by atoms with Crippen LogP contribution < -0.4 is 16.0 Å². The number of carbonyl (C=O) groups is 3. The SMILES string of the molecule is CC(C)[C@H](NC(=O)OCc1ccccc1)C(=O)NCCCNC(=O)c1cccc(O)c1. The number of ether oxygens (including phenoxy) is 1. The number of hydrogen-bond donors (Lipinski definition) is 4. The average Bonchev–Trinajstić information content (AvgIpc) is 2.76. The molecule has 0 saturated heterocycles. The van der Waals surface area contributed by atoms with E-state index in [0.717, 1.165) is 5.56 Å². The molecular weight excluding hydrogens is 398 g/mol. The van der Waals surface area contributed by atoms with Crippen LogP contribution in [-0.2, 0) is 16.1 Å². The van der Waals surface area contributed by atoms with E-state index in [4.69, 9.17) is 4.74 Å². The fourth-order valence-electron chi connectivity index (χ4n) is 2.79. The number of phenolic OH excluding ortho intramolecular Hbond substituents is 1. The van der Waals surface area contributed by atoms with Crippen molar-refractivity contribution in [1.82, 2.24) is 16.0 Å². The van der Waals surface area contributed by atoms with Gasteiger partial charge in [0.05, 0.1) is 0 Å². The van der Waals surface area contributed by atoms with E-state index in [0.29, 0.717) is 25.1 Å². The molecule has 0 aliphatic carbocycles. The highest BCUT2D eigenvalue weighted by atomic mass is 16.5. The van der Waals surface area contributed by atoms with E-state index in [1.807, 2.05) is 44.2 Å². The first-order valence-corrected chi connectivity index (χ1v) is 10.2. The Morgan fingerprint density at radius 3 is 2.35 bits per heavy atom. The fourth-order valence-corrected chi connectivity index (χ4v) is 2.79. The third kappa shape index (κ3) is 8.38. The molecule has 1 atom stereocenters. The van der Waals surface area contributed by atoms with Crippen molar-refractivity contribution in [2.45, 2.75) is 32.9 Å². The Morgan fingerprint density at radius 2 is 1.68 bits per heavy atom. The maximum atomic E-state index is 12.5. The zero-order chi connectivity index (χ0) is 22.6. The third-order valence-corrected chi connectivity index (χ3v) is 4.48. The lowest BCUT2D eigenvalue weighted by Crippen LogP contribution is -2.50. The normalized spacial score (nSPS) is 11.5. The molecule has 4 N–H and O–H groups in total. The monoisotopic (exact) mass is 427 g/mol. The van der Waals surface area contributed by atoms with Crippen LogP contribution in [0.25, 0.3) is 0 Å². The summed E-state index contributed by atoms with van der Waals surface area (Å²) in [5.41, 5.74) is 1.22. The van der Waals surface area contributed by atoms with Gasteiger partial charge in [-0.05, 0) is 36.1 Å². The fraction of sp³-hybridized carbons (Fsp3) is 0.348. The van der Waals surface area contributed by atoms with Crippen LogP contribution in [0.3, 0.4) is 0 Å². The van der Waals surface area contributed by atoms with Gasteiger partial charge in [0, 0.05) is 18.7 Å². The van der Waals surface area contributed by atoms with Crippen molar-refractivity contribution in [3.05, 3.63) is 65.7 Å². The Bertz CT molecular complexity index is 871. The summed E-state index contributed by atoms with van der Waals surface area (Å²) in [7, 11) is 0. The predicted molar refractivity (Wildman–Crippen MR) is 116 cm³/mol. The first-order valence-electron chi connectivity index (χ1n) is 10.2. The molecule has 0 unspecified atom stereocenters. The van der Waals surface area contributed by atoms with Crippen LogP contribution in [0, 0.1) is 5.92 Å². The van der Waals surface area contributed by atoms with Gasteiger partial charge in [0.25, 0.3) is 5.91 Å². The number of phenols is 1. The lowest BCUT2D eigenvalue weighted by molar-refractivity contribution is -0.124. The molecule has 2 rings (SSSR count). The summed E-state index contributed by atoms with van der Waals surface area (Å²) in [5, 5.41) is 17.5. The Labute approximate surface area is 182 Å². The second-order valence-electron chi connectivity index (χ2n) is 7.38. The molecule has 0 aromatic heterocycles. The minimum absolute atomic E-state index is 0.0226. The smallest absolute Gasteiger partial charge is 0.408 e. The number of rotatable bonds is 10. The zero-order valence-electron chi connectivity index (χ0n) is 17.8. The molecule has 0 fully saturated rings. The molecule has 2 aromatic rings. The van der Waals surface area contributed by atoms with Crippen LogP contribution in [-0.4, -0.2) is 42.1 Å². The molecular formula is C23H29N3O5. The number of nitrogens with one attached hydrogen (secondary N) is 3. The number of amides is 3. The lowest BCUT2D eigenvalue weighted by atomic mass is 10.0. The van der Waals surface area contributed by atoms with Crippen LogP contribution in [0.15, 0.2) is 54.6 Å². The largest absolute Gasteiger partial charge is 0.508 e. The minimum Gasteiger partial charge on any atom is -0.508 e. The van der Waals surface area contributed by atoms with Crippen molar-refractivity contribution in [1.29, 1.82) is 0 Å². The highest BCUT2D eigenvalue weighted by molar-refractivity contribution is 5.94. The molecule has 0 spiro atoms. The van der Waals surface area contributed by atoms with Crippen LogP contribution >= 0.6 is 0 Å². The molecule has 0 saturated carbocycles. The summed E-state index contributed by atoms with van der Waals surface area (Å²) in [6, 6.07) is 14.6. The van der Waals surface area contributed by atoms with Crippen LogP contribution in [0.5, 0.6) is 5.75 Å². The third-order valence-electron chi connectivity index (χ3n) is 4.48. The van der Waals surface area contributed by atoms with Crippen molar-refractivity contribution in [3.63, 3.8) is 0 Å². The molecule has 0 heterocycles. The summed E-state index contributed by atoms with van der Waals surface area (Å²) in [6.45, 7) is 4.48. The molecule has 31 heavy (non-hydrogen) atoms. The van der Waals surface area contributed by atoms with Crippen LogP contribution in [0.1, 0.15) is 36.2 Å². The maximum Gasteiger partial charge on any atom is 0.408 e. The number of hydrogen-bond acceptors (Lipinski definition) is 5. The van der Waals surface area contributed by atoms with E-state index in [2.05, 4.69) is 16.0 Å². The van der Waals surface area contributed by atoms with Gasteiger partial charge < -0.3 is 25.8 Å². The van der Waals surface area contributed by atoms with Gasteiger partial charge >= 0.3 is 6.09 Å². The van der Waals surface area contributed by atoms with Crippen LogP contribution in [0.2, 0.25) is 0 Å². The number of alkyl carbamates (subject to hydrolysis) is 1. The summed E-state index contributed by atoms with van der Waals surface area (Å²) in [6.07, 6.45) is -0.143. The average molecular weight is 428 g/mol. The lowest BCUT2D eigenvalue weighted by Gasteiger charge is -2.21. The Balaban J connectivity index is 1.70. The first-order chi connectivity index (χ1) is 14.9. The van der Waals surface area contributed by atoms with Crippen molar-refractivity contribution in [3.8, 4) is 5.75 Å². The molecule has 0 aliphatic rings. The van der Waals surface area contributed by atoms with Crippen molar-refractivity contribution in [2.24, 2.45) is 5.92 Å². The summed E-state index contributed by atoms with van der Waals surface area (Å²) in [4.78, 5) is 36.5. The van der Waals surface area contributed by atoms with E-state index in [9.17, 15) is 19.5 Å². The standard InChI is InChI=1S/C23H29N3O5/c1-16(2)20(26-23(30)31-15-17-8-4-3-5-9-17)22(29)25-13-7-12-24-21(28)18-10-6-11-19(27)14-18/h3-6,8-11,14,16,20,27H,7,12-13,15H2,1-2H3,(H,24,28)(H,25,29)(H,26,30)/t20-/m0/s1. The number of benzene rings is 2. The molecule has 2 aromatic carbocycles. The van der Waals surface area contributed by atoms with Crippen molar-refractivity contribution < 1.29 is 24.2 Å². The van der Waals surface area contributed by atoms with Gasteiger partial charge in [0.2, 0.25) is 5.91 Å². The van der Waals surface area contributed by atoms with E-state index >= 15 is 0 Å². The summed E-state index contributed by atoms with van der Waals surface area (Å²) < 4.78 is 5.18. The van der Waals surface area contributed by atoms with Gasteiger partial charge in [-0.1, -0.05) is 50.2 Å². The van der Waals surface area contributed by atoms with Gasteiger partial charge in [0.1, 0.15) is 18.4 Å². The zero-order valence-corrected chi connectivity index (χ0v) is 17.8. The molecule has 8 nitrogen and oxygen atoms in total. The van der Waals surface area contributed by atoms with E-state index in [-0.39, 0.29) is 30.1 Å². The quantitative estimate of drug-likeness (QED) is 0.435. The van der Waals surface area contributed by atoms with Crippen LogP contribution in [0.4, 0.5) is 4.79 Å². The molecule has 0 aliphatic heterocycles. The Hall–Kier alpha value is -3.55. The predicted octanol–water partition coefficient (Wildman–Crippen LogP) is 2.58. The van der Waals surface area contributed by atoms with Crippen molar-refractivity contribution in [2.75, 3.05) is 13.1 Å². The second-order valence-corrected chi connectivity index (χ2v) is 7.38. The highest BCUT2D eigenvalue weighted by Crippen LogP contribution is 2.10. The van der Waals surface area contributed by atoms with Gasteiger partial charge in [0.15, 0.2) is 0 Å². The Morgan fingerprint density at radius 1 is 0.968 bits per heavy atom. The topological polar surface area (TPSA) is 117 Å². The number of aromatic hydroxyl groups is 1. The van der Waals surface area contributed by atoms with E-state index in [1.165, 1.54) is 12.1 Å². The molecule has 166 valence electrons. The van der Waals surface area contributed by atoms with Gasteiger partial charge in [-0.3, -0.25) is 9.59 Å². The molecule has 0 bridgehead atoms. The highest BCUT2D eigenvalue weighted by Gasteiger charge is 2.24. The minimum atomic E-state index is -0.731. The van der Waals surface area contributed by atoms with E-state index in [1.54, 1.807) is 12.1 Å². The maximum absolute atomic E-state index is 12.5. The Kier molecular flexibility index (Phi) is 9.35. The summed E-state index contributed by atoms with van der Waals surface area (Å²) in [5.74, 6) is -0.722. The second kappa shape index (κ2) is 12.2. The van der Waals surface area contributed by atoms with Gasteiger partial charge in [-0.2, -0.15) is 0 Å². The van der Waals surface area contributed by atoms with Gasteiger partial charge in [-0.15, -0.1) is 0 Å². The van der Waals surface area contributed by atoms with E-state index < -0.39 is 12.1 Å². The molecule has 8 heteroatoms.